The normalized spacial score (nSPS) is 13.4. The lowest BCUT2D eigenvalue weighted by Gasteiger charge is -2.20. The fraction of sp³-hybridized carbons (Fsp3) is 0.385. The highest BCUT2D eigenvalue weighted by Crippen LogP contribution is 2.25. The molecular formula is C26H32N4O5S. The van der Waals surface area contributed by atoms with Crippen LogP contribution in [0.25, 0.3) is 0 Å². The molecule has 0 spiro atoms. The van der Waals surface area contributed by atoms with Gasteiger partial charge in [0, 0.05) is 23.8 Å². The SMILES string of the molecule is CCOCCOc1ccccc1C(=O)NC(=S)NNC(=O)c1ccc(NC(=O)C2CCCCC2)cc1. The summed E-state index contributed by atoms with van der Waals surface area (Å²) in [6, 6.07) is 13.3. The Morgan fingerprint density at radius 2 is 1.64 bits per heavy atom. The molecule has 3 rings (SSSR count). The summed E-state index contributed by atoms with van der Waals surface area (Å²) in [6.07, 6.45) is 5.19. The zero-order valence-electron chi connectivity index (χ0n) is 20.3. The number of hydrazine groups is 1. The lowest BCUT2D eigenvalue weighted by molar-refractivity contribution is -0.120. The first kappa shape index (κ1) is 27.1. The molecule has 0 aliphatic heterocycles. The third-order valence-electron chi connectivity index (χ3n) is 5.73. The molecule has 0 saturated heterocycles. The van der Waals surface area contributed by atoms with Crippen LogP contribution in [0.3, 0.4) is 0 Å². The standard InChI is InChI=1S/C26H32N4O5S/c1-2-34-16-17-35-22-11-7-6-10-21(22)25(33)28-26(36)30-29-24(32)19-12-14-20(15-13-19)27-23(31)18-8-4-3-5-9-18/h6-7,10-15,18H,2-5,8-9,16-17H2,1H3,(H,27,31)(H,29,32)(H2,28,30,33,36). The number of benzene rings is 2. The molecular weight excluding hydrogens is 480 g/mol. The van der Waals surface area contributed by atoms with E-state index in [2.05, 4.69) is 21.5 Å². The van der Waals surface area contributed by atoms with Gasteiger partial charge in [-0.3, -0.25) is 30.6 Å². The number of nitrogens with one attached hydrogen (secondary N) is 4. The molecule has 1 saturated carbocycles. The maximum Gasteiger partial charge on any atom is 0.269 e. The Kier molecular flexibility index (Phi) is 10.7. The van der Waals surface area contributed by atoms with E-state index in [1.54, 1.807) is 48.5 Å². The van der Waals surface area contributed by atoms with Crippen LogP contribution in [0.5, 0.6) is 5.75 Å². The molecule has 0 bridgehead atoms. The zero-order valence-corrected chi connectivity index (χ0v) is 21.1. The van der Waals surface area contributed by atoms with Crippen LogP contribution in [0.4, 0.5) is 5.69 Å². The van der Waals surface area contributed by atoms with E-state index in [-0.39, 0.29) is 16.9 Å². The first-order valence-corrected chi connectivity index (χ1v) is 12.5. The highest BCUT2D eigenvalue weighted by Gasteiger charge is 2.21. The average Bonchev–Trinajstić information content (AvgIpc) is 2.91. The zero-order chi connectivity index (χ0) is 25.8. The van der Waals surface area contributed by atoms with Gasteiger partial charge < -0.3 is 14.8 Å². The van der Waals surface area contributed by atoms with E-state index in [9.17, 15) is 14.4 Å². The second kappa shape index (κ2) is 14.2. The summed E-state index contributed by atoms with van der Waals surface area (Å²) in [5.41, 5.74) is 6.27. The van der Waals surface area contributed by atoms with Crippen LogP contribution >= 0.6 is 12.2 Å². The summed E-state index contributed by atoms with van der Waals surface area (Å²) in [4.78, 5) is 37.5. The number of para-hydroxylation sites is 1. The van der Waals surface area contributed by atoms with Crippen LogP contribution < -0.4 is 26.2 Å². The predicted molar refractivity (Wildman–Crippen MR) is 141 cm³/mol. The number of carbonyl (C=O) groups excluding carboxylic acids is 3. The van der Waals surface area contributed by atoms with Crippen molar-refractivity contribution in [1.82, 2.24) is 16.2 Å². The van der Waals surface area contributed by atoms with Gasteiger partial charge in [0.15, 0.2) is 5.11 Å². The number of rotatable bonds is 9. The minimum atomic E-state index is -0.480. The first-order chi connectivity index (χ1) is 17.5. The Bertz CT molecular complexity index is 1050. The van der Waals surface area contributed by atoms with E-state index >= 15 is 0 Å². The summed E-state index contributed by atoms with van der Waals surface area (Å²) in [5, 5.41) is 5.36. The van der Waals surface area contributed by atoms with Crippen LogP contribution in [0.2, 0.25) is 0 Å². The molecule has 1 aliphatic rings. The van der Waals surface area contributed by atoms with Crippen molar-refractivity contribution in [2.75, 3.05) is 25.1 Å². The molecule has 0 atom stereocenters. The van der Waals surface area contributed by atoms with Crippen molar-refractivity contribution >= 4 is 40.7 Å². The molecule has 36 heavy (non-hydrogen) atoms. The number of thiocarbonyl (C=S) groups is 1. The molecule has 192 valence electrons. The summed E-state index contributed by atoms with van der Waals surface area (Å²) >= 11 is 5.13. The largest absolute Gasteiger partial charge is 0.490 e. The Hall–Kier alpha value is -3.50. The van der Waals surface area contributed by atoms with Gasteiger partial charge in [0.2, 0.25) is 5.91 Å². The van der Waals surface area contributed by atoms with Gasteiger partial charge in [-0.05, 0) is 68.4 Å². The van der Waals surface area contributed by atoms with Gasteiger partial charge >= 0.3 is 0 Å². The molecule has 4 N–H and O–H groups in total. The highest BCUT2D eigenvalue weighted by molar-refractivity contribution is 7.80. The Balaban J connectivity index is 1.45. The van der Waals surface area contributed by atoms with Gasteiger partial charge in [0.25, 0.3) is 11.8 Å². The third kappa shape index (κ3) is 8.31. The Morgan fingerprint density at radius 3 is 2.36 bits per heavy atom. The van der Waals surface area contributed by atoms with Crippen molar-refractivity contribution < 1.29 is 23.9 Å². The molecule has 9 nitrogen and oxygen atoms in total. The van der Waals surface area contributed by atoms with E-state index in [0.717, 1.165) is 25.7 Å². The van der Waals surface area contributed by atoms with Crippen LogP contribution in [0.15, 0.2) is 48.5 Å². The maximum atomic E-state index is 12.6. The first-order valence-electron chi connectivity index (χ1n) is 12.1. The lowest BCUT2D eigenvalue weighted by Crippen LogP contribution is -2.48. The summed E-state index contributed by atoms with van der Waals surface area (Å²) in [5.74, 6) is -0.452. The topological polar surface area (TPSA) is 118 Å². The van der Waals surface area contributed by atoms with Crippen molar-refractivity contribution in [2.45, 2.75) is 39.0 Å². The molecule has 2 aromatic carbocycles. The molecule has 0 aromatic heterocycles. The van der Waals surface area contributed by atoms with Crippen molar-refractivity contribution in [3.8, 4) is 5.75 Å². The Labute approximate surface area is 216 Å². The summed E-state index contributed by atoms with van der Waals surface area (Å²) in [7, 11) is 0. The fourth-order valence-electron chi connectivity index (χ4n) is 3.84. The molecule has 0 unspecified atom stereocenters. The van der Waals surface area contributed by atoms with Crippen LogP contribution in [-0.2, 0) is 9.53 Å². The van der Waals surface area contributed by atoms with Gasteiger partial charge in [-0.2, -0.15) is 0 Å². The number of hydrogen-bond acceptors (Lipinski definition) is 6. The molecule has 1 aliphatic carbocycles. The van der Waals surface area contributed by atoms with Gasteiger partial charge in [0.05, 0.1) is 12.2 Å². The molecule has 1 fully saturated rings. The van der Waals surface area contributed by atoms with E-state index in [4.69, 9.17) is 21.7 Å². The number of anilines is 1. The van der Waals surface area contributed by atoms with E-state index in [1.807, 2.05) is 6.92 Å². The smallest absolute Gasteiger partial charge is 0.269 e. The molecule has 3 amide bonds. The lowest BCUT2D eigenvalue weighted by atomic mass is 9.88. The monoisotopic (exact) mass is 512 g/mol. The van der Waals surface area contributed by atoms with Gasteiger partial charge in [-0.1, -0.05) is 31.4 Å². The Morgan fingerprint density at radius 1 is 0.917 bits per heavy atom. The molecule has 10 heteroatoms. The average molecular weight is 513 g/mol. The van der Waals surface area contributed by atoms with Crippen LogP contribution in [0.1, 0.15) is 59.7 Å². The number of ether oxygens (including phenoxy) is 2. The number of carbonyl (C=O) groups is 3. The van der Waals surface area contributed by atoms with Crippen molar-refractivity contribution in [3.05, 3.63) is 59.7 Å². The van der Waals surface area contributed by atoms with E-state index in [1.165, 1.54) is 6.42 Å². The molecule has 0 heterocycles. The minimum absolute atomic E-state index is 0.0240. The van der Waals surface area contributed by atoms with Crippen molar-refractivity contribution in [3.63, 3.8) is 0 Å². The highest BCUT2D eigenvalue weighted by atomic mass is 32.1. The quantitative estimate of drug-likeness (QED) is 0.230. The number of hydrogen-bond donors (Lipinski definition) is 4. The maximum absolute atomic E-state index is 12.6. The van der Waals surface area contributed by atoms with E-state index < -0.39 is 11.8 Å². The molecule has 0 radical (unpaired) electrons. The predicted octanol–water partition coefficient (Wildman–Crippen LogP) is 3.57. The second-order valence-corrected chi connectivity index (χ2v) is 8.71. The van der Waals surface area contributed by atoms with Crippen LogP contribution in [-0.4, -0.2) is 42.7 Å². The van der Waals surface area contributed by atoms with Crippen molar-refractivity contribution in [1.29, 1.82) is 0 Å². The third-order valence-corrected chi connectivity index (χ3v) is 5.93. The van der Waals surface area contributed by atoms with Gasteiger partial charge in [-0.15, -0.1) is 0 Å². The number of amides is 3. The van der Waals surface area contributed by atoms with Gasteiger partial charge in [0.1, 0.15) is 12.4 Å². The summed E-state index contributed by atoms with van der Waals surface area (Å²) < 4.78 is 10.9. The summed E-state index contributed by atoms with van der Waals surface area (Å²) in [6.45, 7) is 3.19. The van der Waals surface area contributed by atoms with E-state index in [0.29, 0.717) is 42.4 Å². The minimum Gasteiger partial charge on any atom is -0.490 e. The second-order valence-electron chi connectivity index (χ2n) is 8.31. The fourth-order valence-corrected chi connectivity index (χ4v) is 3.98. The van der Waals surface area contributed by atoms with Crippen LogP contribution in [0, 0.1) is 5.92 Å². The van der Waals surface area contributed by atoms with Gasteiger partial charge in [-0.25, -0.2) is 0 Å². The molecule has 2 aromatic rings. The van der Waals surface area contributed by atoms with Crippen molar-refractivity contribution in [2.24, 2.45) is 5.92 Å².